The molecular formula is C21H24N2O5S. The molecule has 8 heteroatoms. The molecule has 7 nitrogen and oxygen atoms in total. The first-order valence-corrected chi connectivity index (χ1v) is 10.4. The van der Waals surface area contributed by atoms with Crippen LogP contribution in [0.5, 0.6) is 0 Å². The zero-order valence-corrected chi connectivity index (χ0v) is 17.0. The highest BCUT2D eigenvalue weighted by molar-refractivity contribution is 7.18. The Morgan fingerprint density at radius 3 is 1.86 bits per heavy atom. The first-order chi connectivity index (χ1) is 14.1. The van der Waals surface area contributed by atoms with Gasteiger partial charge in [0.15, 0.2) is 0 Å². The molecule has 0 aromatic carbocycles. The fraction of sp³-hybridized carbons (Fsp3) is 0.333. The maximum atomic E-state index is 12.0. The van der Waals surface area contributed by atoms with E-state index < -0.39 is 5.97 Å². The number of carbonyl (C=O) groups excluding carboxylic acids is 2. The van der Waals surface area contributed by atoms with Crippen LogP contribution in [0.1, 0.15) is 47.2 Å². The van der Waals surface area contributed by atoms with Crippen molar-refractivity contribution in [2.45, 2.75) is 26.2 Å². The molecule has 0 saturated heterocycles. The number of hydrogen-bond acceptors (Lipinski definition) is 6. The molecule has 3 rings (SSSR count). The molecule has 3 aromatic rings. The molecule has 0 fully saturated rings. The molecule has 0 spiro atoms. The van der Waals surface area contributed by atoms with E-state index in [1.165, 1.54) is 11.3 Å². The number of nitrogens with one attached hydrogen (secondary N) is 2. The van der Waals surface area contributed by atoms with Gasteiger partial charge in [0.1, 0.15) is 11.4 Å². The minimum absolute atomic E-state index is 0.0157. The third kappa shape index (κ3) is 5.36. The molecule has 0 bridgehead atoms. The van der Waals surface area contributed by atoms with Crippen LogP contribution in [-0.4, -0.2) is 46.8 Å². The third-order valence-electron chi connectivity index (χ3n) is 4.22. The molecule has 0 aliphatic rings. The second-order valence-electron chi connectivity index (χ2n) is 6.44. The van der Waals surface area contributed by atoms with Crippen molar-refractivity contribution in [1.29, 1.82) is 0 Å². The first kappa shape index (κ1) is 20.9. The van der Waals surface area contributed by atoms with E-state index in [2.05, 4.69) is 9.97 Å². The summed E-state index contributed by atoms with van der Waals surface area (Å²) in [5.41, 5.74) is 2.43. The Labute approximate surface area is 172 Å². The Kier molecular flexibility index (Phi) is 7.26. The number of H-pyrrole nitrogens is 2. The van der Waals surface area contributed by atoms with Gasteiger partial charge in [-0.3, -0.25) is 0 Å². The van der Waals surface area contributed by atoms with Crippen LogP contribution < -0.4 is 0 Å². The van der Waals surface area contributed by atoms with E-state index in [1.807, 2.05) is 31.2 Å². The second-order valence-corrected chi connectivity index (χ2v) is 7.52. The molecule has 0 aliphatic heterocycles. The summed E-state index contributed by atoms with van der Waals surface area (Å²) in [4.78, 5) is 32.1. The molecule has 0 amide bonds. The molecule has 3 aromatic heterocycles. The van der Waals surface area contributed by atoms with Crippen LogP contribution in [0.25, 0.3) is 21.1 Å². The van der Waals surface area contributed by atoms with Crippen molar-refractivity contribution in [3.8, 4) is 21.1 Å². The maximum absolute atomic E-state index is 12.0. The van der Waals surface area contributed by atoms with Crippen molar-refractivity contribution in [3.05, 3.63) is 47.8 Å². The molecule has 0 saturated carbocycles. The topological polar surface area (TPSA) is 104 Å². The van der Waals surface area contributed by atoms with E-state index in [1.54, 1.807) is 12.1 Å². The molecule has 154 valence electrons. The summed E-state index contributed by atoms with van der Waals surface area (Å²) in [6.45, 7) is 2.63. The second kappa shape index (κ2) is 10.1. The van der Waals surface area contributed by atoms with Crippen molar-refractivity contribution < 1.29 is 24.2 Å². The van der Waals surface area contributed by atoms with E-state index in [-0.39, 0.29) is 19.2 Å². The van der Waals surface area contributed by atoms with Gasteiger partial charge in [-0.25, -0.2) is 9.59 Å². The summed E-state index contributed by atoms with van der Waals surface area (Å²) >= 11 is 1.53. The van der Waals surface area contributed by atoms with E-state index >= 15 is 0 Å². The lowest BCUT2D eigenvalue weighted by Gasteiger charge is -2.01. The summed E-state index contributed by atoms with van der Waals surface area (Å²) in [5, 5.41) is 8.75. The summed E-state index contributed by atoms with van der Waals surface area (Å²) in [6, 6.07) is 11.0. The van der Waals surface area contributed by atoms with E-state index in [0.29, 0.717) is 24.4 Å². The maximum Gasteiger partial charge on any atom is 0.354 e. The molecule has 3 heterocycles. The fourth-order valence-electron chi connectivity index (χ4n) is 2.64. The molecule has 0 unspecified atom stereocenters. The summed E-state index contributed by atoms with van der Waals surface area (Å²) in [6.07, 6.45) is 2.24. The van der Waals surface area contributed by atoms with Crippen LogP contribution in [-0.2, 0) is 9.47 Å². The van der Waals surface area contributed by atoms with Crippen LogP contribution in [0.15, 0.2) is 36.4 Å². The lowest BCUT2D eigenvalue weighted by atomic mass is 10.3. The van der Waals surface area contributed by atoms with Gasteiger partial charge in [0.05, 0.1) is 34.4 Å². The monoisotopic (exact) mass is 416 g/mol. The predicted octanol–water partition coefficient (Wildman–Crippen LogP) is 4.23. The number of aliphatic hydroxyl groups excluding tert-OH is 1. The van der Waals surface area contributed by atoms with Crippen LogP contribution in [0.4, 0.5) is 0 Å². The van der Waals surface area contributed by atoms with E-state index in [9.17, 15) is 9.59 Å². The number of aliphatic hydroxyl groups is 1. The number of hydrogen-bond donors (Lipinski definition) is 3. The number of carbonyl (C=O) groups is 2. The van der Waals surface area contributed by atoms with Gasteiger partial charge < -0.3 is 24.5 Å². The molecule has 29 heavy (non-hydrogen) atoms. The average Bonchev–Trinajstić information content (AvgIpc) is 3.47. The van der Waals surface area contributed by atoms with Crippen LogP contribution in [0.3, 0.4) is 0 Å². The largest absolute Gasteiger partial charge is 0.461 e. The first-order valence-electron chi connectivity index (χ1n) is 9.56. The van der Waals surface area contributed by atoms with Gasteiger partial charge in [0.25, 0.3) is 0 Å². The fourth-order valence-corrected chi connectivity index (χ4v) is 3.60. The molecule has 0 atom stereocenters. The Balaban J connectivity index is 1.66. The summed E-state index contributed by atoms with van der Waals surface area (Å²) < 4.78 is 10.3. The van der Waals surface area contributed by atoms with Gasteiger partial charge in [-0.1, -0.05) is 13.3 Å². The number of ether oxygens (including phenoxy) is 2. The lowest BCUT2D eigenvalue weighted by molar-refractivity contribution is 0.0472. The van der Waals surface area contributed by atoms with Gasteiger partial charge >= 0.3 is 11.9 Å². The highest BCUT2D eigenvalue weighted by atomic mass is 32.1. The Hall–Kier alpha value is -2.84. The smallest absolute Gasteiger partial charge is 0.354 e. The quantitative estimate of drug-likeness (QED) is 0.339. The van der Waals surface area contributed by atoms with Crippen molar-refractivity contribution in [2.24, 2.45) is 0 Å². The van der Waals surface area contributed by atoms with Crippen molar-refractivity contribution in [2.75, 3.05) is 19.8 Å². The highest BCUT2D eigenvalue weighted by Crippen LogP contribution is 2.33. The Bertz CT molecular complexity index is 881. The zero-order chi connectivity index (χ0) is 20.6. The number of rotatable bonds is 10. The van der Waals surface area contributed by atoms with Crippen molar-refractivity contribution in [3.63, 3.8) is 0 Å². The third-order valence-corrected chi connectivity index (χ3v) is 5.37. The van der Waals surface area contributed by atoms with Crippen LogP contribution in [0, 0.1) is 0 Å². The normalized spacial score (nSPS) is 10.8. The molecular weight excluding hydrogens is 392 g/mol. The summed E-state index contributed by atoms with van der Waals surface area (Å²) in [7, 11) is 0. The molecule has 0 radical (unpaired) electrons. The van der Waals surface area contributed by atoms with Crippen molar-refractivity contribution >= 4 is 23.3 Å². The van der Waals surface area contributed by atoms with Gasteiger partial charge in [-0.05, 0) is 42.8 Å². The van der Waals surface area contributed by atoms with Gasteiger partial charge in [0, 0.05) is 13.0 Å². The molecule has 0 aliphatic carbocycles. The Morgan fingerprint density at radius 1 is 0.862 bits per heavy atom. The standard InChI is InChI=1S/C21H24N2O5S/c1-2-3-12-27-20(25)16-7-5-14(22-16)18-9-10-19(29-18)15-6-8-17(23-15)21(26)28-13-4-11-24/h5-10,22-24H,2-4,11-13H2,1H3. The predicted molar refractivity (Wildman–Crippen MR) is 111 cm³/mol. The van der Waals surface area contributed by atoms with Crippen LogP contribution in [0.2, 0.25) is 0 Å². The van der Waals surface area contributed by atoms with Gasteiger partial charge in [-0.15, -0.1) is 11.3 Å². The van der Waals surface area contributed by atoms with Gasteiger partial charge in [-0.2, -0.15) is 0 Å². The van der Waals surface area contributed by atoms with Gasteiger partial charge in [0.2, 0.25) is 0 Å². The van der Waals surface area contributed by atoms with Crippen LogP contribution >= 0.6 is 11.3 Å². The molecule has 3 N–H and O–H groups in total. The average molecular weight is 416 g/mol. The lowest BCUT2D eigenvalue weighted by Crippen LogP contribution is -2.07. The number of unbranched alkanes of at least 4 members (excludes halogenated alkanes) is 1. The number of aromatic nitrogens is 2. The zero-order valence-electron chi connectivity index (χ0n) is 16.2. The minimum atomic E-state index is -0.447. The SMILES string of the molecule is CCCCOC(=O)c1ccc(-c2ccc(-c3ccc(C(=O)OCCCO)[nH]3)s2)[nH]1. The Morgan fingerprint density at radius 2 is 1.38 bits per heavy atom. The van der Waals surface area contributed by atoms with E-state index in [4.69, 9.17) is 14.6 Å². The minimum Gasteiger partial charge on any atom is -0.461 e. The van der Waals surface area contributed by atoms with E-state index in [0.717, 1.165) is 34.0 Å². The highest BCUT2D eigenvalue weighted by Gasteiger charge is 2.14. The number of aromatic amines is 2. The summed E-state index contributed by atoms with van der Waals surface area (Å²) in [5.74, 6) is -0.799. The van der Waals surface area contributed by atoms with Crippen molar-refractivity contribution in [1.82, 2.24) is 9.97 Å². The number of thiophene rings is 1. The number of esters is 2.